The summed E-state index contributed by atoms with van der Waals surface area (Å²) in [7, 11) is 0. The van der Waals surface area contributed by atoms with Gasteiger partial charge in [-0.3, -0.25) is 4.79 Å². The van der Waals surface area contributed by atoms with E-state index in [9.17, 15) is 9.59 Å². The molecule has 4 rings (SSSR count). The third-order valence-corrected chi connectivity index (χ3v) is 7.88. The molecule has 0 unspecified atom stereocenters. The Morgan fingerprint density at radius 2 is 1.77 bits per heavy atom. The first-order valence-electron chi connectivity index (χ1n) is 10.1. The second-order valence-corrected chi connectivity index (χ2v) is 9.76. The summed E-state index contributed by atoms with van der Waals surface area (Å²) in [5.74, 6) is 1.57. The van der Waals surface area contributed by atoms with Crippen molar-refractivity contribution < 1.29 is 14.3 Å². The average molecular weight is 480 g/mol. The molecule has 31 heavy (non-hydrogen) atoms. The number of likely N-dealkylation sites (tertiary alicyclic amines) is 1. The maximum Gasteiger partial charge on any atom is 0.321 e. The number of rotatable bonds is 4. The molecule has 2 heterocycles. The normalized spacial score (nSPS) is 17.6. The van der Waals surface area contributed by atoms with Crippen molar-refractivity contribution in [2.24, 2.45) is 0 Å². The van der Waals surface area contributed by atoms with Gasteiger partial charge in [-0.2, -0.15) is 0 Å². The van der Waals surface area contributed by atoms with Crippen molar-refractivity contribution in [2.45, 2.75) is 17.7 Å². The van der Waals surface area contributed by atoms with Crippen molar-refractivity contribution in [3.8, 4) is 5.75 Å². The van der Waals surface area contributed by atoms with E-state index in [1.54, 1.807) is 34.9 Å². The van der Waals surface area contributed by atoms with Crippen LogP contribution in [0.3, 0.4) is 0 Å². The molecule has 3 amide bonds. The molecule has 9 heteroatoms. The predicted molar refractivity (Wildman–Crippen MR) is 125 cm³/mol. The number of urea groups is 1. The fraction of sp³-hybridized carbons (Fsp3) is 0.364. The first-order valence-corrected chi connectivity index (χ1v) is 11.8. The van der Waals surface area contributed by atoms with Gasteiger partial charge >= 0.3 is 6.03 Å². The highest BCUT2D eigenvalue weighted by atomic mass is 35.5. The summed E-state index contributed by atoms with van der Waals surface area (Å²) < 4.78 is 5.66. The first kappa shape index (κ1) is 22.1. The van der Waals surface area contributed by atoms with Gasteiger partial charge in [0.1, 0.15) is 5.75 Å². The molecule has 2 aromatic carbocycles. The molecule has 2 saturated heterocycles. The Morgan fingerprint density at radius 1 is 1.03 bits per heavy atom. The maximum absolute atomic E-state index is 12.9. The SMILES string of the molecule is O=C(Nc1ccc(Cl)c(Cl)c1)N1CCC2(CC1)SCCN2C(=O)COc1ccccc1. The average Bonchev–Trinajstić information content (AvgIpc) is 3.18. The van der Waals surface area contributed by atoms with E-state index in [-0.39, 0.29) is 23.4 Å². The van der Waals surface area contributed by atoms with E-state index in [0.29, 0.717) is 41.1 Å². The minimum Gasteiger partial charge on any atom is -0.484 e. The van der Waals surface area contributed by atoms with Crippen LogP contribution in [0, 0.1) is 0 Å². The monoisotopic (exact) mass is 479 g/mol. The number of halogens is 2. The summed E-state index contributed by atoms with van der Waals surface area (Å²) in [4.78, 5) is 29.0. The molecule has 1 spiro atoms. The van der Waals surface area contributed by atoms with Crippen LogP contribution in [0.1, 0.15) is 12.8 Å². The molecule has 164 valence electrons. The number of para-hydroxylation sites is 1. The number of carbonyl (C=O) groups is 2. The number of ether oxygens (including phenoxy) is 1. The molecule has 1 N–H and O–H groups in total. The molecule has 0 atom stereocenters. The van der Waals surface area contributed by atoms with E-state index < -0.39 is 0 Å². The lowest BCUT2D eigenvalue weighted by molar-refractivity contribution is -0.136. The van der Waals surface area contributed by atoms with Crippen molar-refractivity contribution in [3.63, 3.8) is 0 Å². The van der Waals surface area contributed by atoms with Crippen LogP contribution in [0.25, 0.3) is 0 Å². The Hall–Kier alpha value is -2.09. The lowest BCUT2D eigenvalue weighted by Crippen LogP contribution is -2.55. The van der Waals surface area contributed by atoms with Crippen LogP contribution in [0.2, 0.25) is 10.0 Å². The summed E-state index contributed by atoms with van der Waals surface area (Å²) in [6, 6.07) is 14.2. The van der Waals surface area contributed by atoms with Crippen molar-refractivity contribution in [1.29, 1.82) is 0 Å². The number of hydrogen-bond acceptors (Lipinski definition) is 4. The number of nitrogens with one attached hydrogen (secondary N) is 1. The smallest absolute Gasteiger partial charge is 0.321 e. The van der Waals surface area contributed by atoms with Gasteiger partial charge in [-0.25, -0.2) is 4.79 Å². The van der Waals surface area contributed by atoms with Gasteiger partial charge in [0.05, 0.1) is 14.9 Å². The molecule has 0 saturated carbocycles. The molecule has 0 aliphatic carbocycles. The fourth-order valence-corrected chi connectivity index (χ4v) is 5.72. The molecule has 0 bridgehead atoms. The largest absolute Gasteiger partial charge is 0.484 e. The Bertz CT molecular complexity index is 952. The number of anilines is 1. The standard InChI is InChI=1S/C22H23Cl2N3O3S/c23-18-7-6-16(14-19(18)24)25-21(29)26-10-8-22(9-11-26)27(12-13-31-22)20(28)15-30-17-4-2-1-3-5-17/h1-7,14H,8-13,15H2,(H,25,29). The van der Waals surface area contributed by atoms with Crippen LogP contribution in [0.5, 0.6) is 5.75 Å². The van der Waals surface area contributed by atoms with Crippen LogP contribution >= 0.6 is 35.0 Å². The van der Waals surface area contributed by atoms with Gasteiger partial charge in [0.15, 0.2) is 6.61 Å². The van der Waals surface area contributed by atoms with Gasteiger partial charge < -0.3 is 19.9 Å². The molecule has 2 aliphatic heterocycles. The second kappa shape index (κ2) is 9.59. The molecular weight excluding hydrogens is 457 g/mol. The van der Waals surface area contributed by atoms with Gasteiger partial charge in [-0.15, -0.1) is 11.8 Å². The van der Waals surface area contributed by atoms with Gasteiger partial charge in [-0.05, 0) is 43.2 Å². The molecule has 0 aromatic heterocycles. The van der Waals surface area contributed by atoms with Gasteiger partial charge in [0, 0.05) is 31.1 Å². The molecule has 0 radical (unpaired) electrons. The number of piperidine rings is 1. The number of carbonyl (C=O) groups excluding carboxylic acids is 2. The Balaban J connectivity index is 1.33. The van der Waals surface area contributed by atoms with Crippen LogP contribution in [-0.2, 0) is 4.79 Å². The molecular formula is C22H23Cl2N3O3S. The third-order valence-electron chi connectivity index (χ3n) is 5.59. The zero-order valence-corrected chi connectivity index (χ0v) is 19.2. The Kier molecular flexibility index (Phi) is 6.84. The van der Waals surface area contributed by atoms with E-state index in [2.05, 4.69) is 5.32 Å². The van der Waals surface area contributed by atoms with Crippen molar-refractivity contribution in [1.82, 2.24) is 9.80 Å². The highest BCUT2D eigenvalue weighted by Crippen LogP contribution is 2.44. The van der Waals surface area contributed by atoms with Crippen molar-refractivity contribution in [2.75, 3.05) is 37.3 Å². The van der Waals surface area contributed by atoms with Crippen LogP contribution in [0.15, 0.2) is 48.5 Å². The number of hydrogen-bond donors (Lipinski definition) is 1. The topological polar surface area (TPSA) is 61.9 Å². The number of nitrogens with zero attached hydrogens (tertiary/aromatic N) is 2. The summed E-state index contributed by atoms with van der Waals surface area (Å²) in [6.45, 7) is 1.87. The van der Waals surface area contributed by atoms with E-state index in [0.717, 1.165) is 18.6 Å². The van der Waals surface area contributed by atoms with E-state index >= 15 is 0 Å². The van der Waals surface area contributed by atoms with Crippen LogP contribution < -0.4 is 10.1 Å². The predicted octanol–water partition coefficient (Wildman–Crippen LogP) is 4.97. The Morgan fingerprint density at radius 3 is 2.48 bits per heavy atom. The van der Waals surface area contributed by atoms with E-state index in [4.69, 9.17) is 27.9 Å². The quantitative estimate of drug-likeness (QED) is 0.671. The van der Waals surface area contributed by atoms with E-state index in [1.807, 2.05) is 35.2 Å². The van der Waals surface area contributed by atoms with Crippen molar-refractivity contribution >= 4 is 52.6 Å². The molecule has 2 aliphatic rings. The maximum atomic E-state index is 12.9. The van der Waals surface area contributed by atoms with Crippen LogP contribution in [0.4, 0.5) is 10.5 Å². The van der Waals surface area contributed by atoms with Crippen LogP contribution in [-0.4, -0.2) is 58.6 Å². The number of benzene rings is 2. The lowest BCUT2D eigenvalue weighted by atomic mass is 10.0. The number of amides is 3. The summed E-state index contributed by atoms with van der Waals surface area (Å²) in [5, 5.41) is 3.71. The first-order chi connectivity index (χ1) is 15.0. The third kappa shape index (κ3) is 5.05. The van der Waals surface area contributed by atoms with Crippen molar-refractivity contribution in [3.05, 3.63) is 58.6 Å². The zero-order chi connectivity index (χ0) is 21.8. The highest BCUT2D eigenvalue weighted by Gasteiger charge is 2.46. The minimum absolute atomic E-state index is 0.0115. The summed E-state index contributed by atoms with van der Waals surface area (Å²) >= 11 is 13.8. The van der Waals surface area contributed by atoms with Gasteiger partial charge in [0.2, 0.25) is 0 Å². The van der Waals surface area contributed by atoms with Gasteiger partial charge in [-0.1, -0.05) is 41.4 Å². The summed E-state index contributed by atoms with van der Waals surface area (Å²) in [5.41, 5.74) is 0.602. The lowest BCUT2D eigenvalue weighted by Gasteiger charge is -2.43. The number of thioether (sulfide) groups is 1. The zero-order valence-electron chi connectivity index (χ0n) is 16.9. The minimum atomic E-state index is -0.266. The molecule has 2 fully saturated rings. The molecule has 6 nitrogen and oxygen atoms in total. The van der Waals surface area contributed by atoms with Gasteiger partial charge in [0.25, 0.3) is 5.91 Å². The van der Waals surface area contributed by atoms with E-state index in [1.165, 1.54) is 0 Å². The molecule has 2 aromatic rings. The summed E-state index contributed by atoms with van der Waals surface area (Å²) in [6.07, 6.45) is 1.45. The second-order valence-electron chi connectivity index (χ2n) is 7.49. The Labute approximate surface area is 195 Å². The fourth-order valence-electron chi connectivity index (χ4n) is 3.95. The highest BCUT2D eigenvalue weighted by molar-refractivity contribution is 8.00.